The molecule has 5 rings (SSSR count). The molecule has 164 valence electrons. The summed E-state index contributed by atoms with van der Waals surface area (Å²) in [6.45, 7) is 7.44. The first kappa shape index (κ1) is 20.5. The van der Waals surface area contributed by atoms with E-state index in [1.807, 2.05) is 18.2 Å². The standard InChI is InChI=1S/C25H32N4O2/c1-17(16-29-11-5-2-6-12-29)23-20-15-21(19-7-3-4-8-22(19)30)27-28-25(20)26-24(23)18-9-13-31-14-10-18/h3-4,7-8,15,17-18,30H,2,5-6,9-14,16H2,1H3,(H,26,28)/t17-/m1/s1. The molecule has 4 heterocycles. The molecule has 2 aliphatic heterocycles. The molecule has 2 aliphatic rings. The largest absolute Gasteiger partial charge is 0.507 e. The van der Waals surface area contributed by atoms with Crippen molar-refractivity contribution in [1.82, 2.24) is 20.1 Å². The molecule has 0 aliphatic carbocycles. The second-order valence-corrected chi connectivity index (χ2v) is 9.11. The van der Waals surface area contributed by atoms with Crippen LogP contribution in [0.2, 0.25) is 0 Å². The molecule has 0 saturated carbocycles. The average Bonchev–Trinajstić information content (AvgIpc) is 3.19. The molecule has 0 spiro atoms. The zero-order valence-electron chi connectivity index (χ0n) is 18.3. The van der Waals surface area contributed by atoms with Crippen molar-refractivity contribution < 1.29 is 9.84 Å². The first-order valence-corrected chi connectivity index (χ1v) is 11.7. The summed E-state index contributed by atoms with van der Waals surface area (Å²) in [7, 11) is 0. The number of piperidine rings is 1. The van der Waals surface area contributed by atoms with E-state index in [9.17, 15) is 5.11 Å². The highest BCUT2D eigenvalue weighted by Gasteiger charge is 2.27. The predicted octanol–water partition coefficient (Wildman–Crippen LogP) is 4.81. The lowest BCUT2D eigenvalue weighted by Gasteiger charge is -2.30. The topological polar surface area (TPSA) is 74.3 Å². The molecule has 2 saturated heterocycles. The van der Waals surface area contributed by atoms with Gasteiger partial charge in [-0.15, -0.1) is 10.2 Å². The van der Waals surface area contributed by atoms with E-state index in [0.717, 1.165) is 54.9 Å². The van der Waals surface area contributed by atoms with Gasteiger partial charge in [-0.1, -0.05) is 25.5 Å². The Morgan fingerprint density at radius 1 is 1.13 bits per heavy atom. The van der Waals surface area contributed by atoms with Crippen molar-refractivity contribution in [3.8, 4) is 17.0 Å². The van der Waals surface area contributed by atoms with Crippen LogP contribution in [0.15, 0.2) is 30.3 Å². The second kappa shape index (κ2) is 8.97. The molecule has 31 heavy (non-hydrogen) atoms. The van der Waals surface area contributed by atoms with Gasteiger partial charge in [0, 0.05) is 42.3 Å². The van der Waals surface area contributed by atoms with Gasteiger partial charge in [0.1, 0.15) is 5.75 Å². The number of phenolic OH excluding ortho intramolecular Hbond substituents is 1. The minimum absolute atomic E-state index is 0.235. The van der Waals surface area contributed by atoms with Crippen LogP contribution < -0.4 is 0 Å². The van der Waals surface area contributed by atoms with Crippen molar-refractivity contribution in [3.63, 3.8) is 0 Å². The lowest BCUT2D eigenvalue weighted by atomic mass is 9.87. The number of rotatable bonds is 5. The minimum Gasteiger partial charge on any atom is -0.507 e. The van der Waals surface area contributed by atoms with Gasteiger partial charge in [0.25, 0.3) is 0 Å². The number of nitrogens with one attached hydrogen (secondary N) is 1. The van der Waals surface area contributed by atoms with Gasteiger partial charge in [0.05, 0.1) is 5.69 Å². The zero-order valence-corrected chi connectivity index (χ0v) is 18.3. The van der Waals surface area contributed by atoms with Gasteiger partial charge < -0.3 is 19.7 Å². The maximum absolute atomic E-state index is 10.3. The number of nitrogens with zero attached hydrogens (tertiary/aromatic N) is 3. The molecule has 2 fully saturated rings. The van der Waals surface area contributed by atoms with Gasteiger partial charge in [0.2, 0.25) is 0 Å². The number of aromatic nitrogens is 3. The van der Waals surface area contributed by atoms with Crippen molar-refractivity contribution in [2.45, 2.75) is 50.9 Å². The Bertz CT molecular complexity index is 1040. The van der Waals surface area contributed by atoms with Crippen molar-refractivity contribution >= 4 is 11.0 Å². The van der Waals surface area contributed by atoms with Crippen LogP contribution in [0.1, 0.15) is 62.1 Å². The Morgan fingerprint density at radius 3 is 2.68 bits per heavy atom. The smallest absolute Gasteiger partial charge is 0.160 e. The van der Waals surface area contributed by atoms with E-state index in [0.29, 0.717) is 11.8 Å². The van der Waals surface area contributed by atoms with Crippen LogP contribution in [0, 0.1) is 0 Å². The van der Waals surface area contributed by atoms with Crippen LogP contribution in [0.4, 0.5) is 0 Å². The highest BCUT2D eigenvalue weighted by Crippen LogP contribution is 2.39. The normalized spacial score (nSPS) is 19.6. The van der Waals surface area contributed by atoms with Crippen LogP contribution in [-0.4, -0.2) is 58.0 Å². The number of benzene rings is 1. The maximum atomic E-state index is 10.3. The molecule has 0 amide bonds. The van der Waals surface area contributed by atoms with E-state index < -0.39 is 0 Å². The molecule has 6 nitrogen and oxygen atoms in total. The second-order valence-electron chi connectivity index (χ2n) is 9.11. The molecule has 3 aromatic rings. The number of phenols is 1. The first-order chi connectivity index (χ1) is 15.2. The van der Waals surface area contributed by atoms with E-state index in [-0.39, 0.29) is 5.75 Å². The van der Waals surface area contributed by atoms with Crippen LogP contribution in [0.25, 0.3) is 22.3 Å². The summed E-state index contributed by atoms with van der Waals surface area (Å²) in [4.78, 5) is 6.25. The number of ether oxygens (including phenoxy) is 1. The number of hydrogen-bond acceptors (Lipinski definition) is 5. The summed E-state index contributed by atoms with van der Waals surface area (Å²) < 4.78 is 5.63. The van der Waals surface area contributed by atoms with E-state index in [1.165, 1.54) is 43.6 Å². The summed E-state index contributed by atoms with van der Waals surface area (Å²) in [5.41, 5.74) is 4.97. The SMILES string of the molecule is C[C@H](CN1CCCCC1)c1c(C2CCOCC2)[nH]c2nnc(-c3ccccc3O)cc12. The Kier molecular flexibility index (Phi) is 5.92. The van der Waals surface area contributed by atoms with Crippen LogP contribution in [0.5, 0.6) is 5.75 Å². The highest BCUT2D eigenvalue weighted by atomic mass is 16.5. The fourth-order valence-electron chi connectivity index (χ4n) is 5.31. The summed E-state index contributed by atoms with van der Waals surface area (Å²) in [5, 5.41) is 20.5. The fraction of sp³-hybridized carbons (Fsp3) is 0.520. The van der Waals surface area contributed by atoms with Gasteiger partial charge in [-0.2, -0.15) is 0 Å². The molecule has 0 unspecified atom stereocenters. The van der Waals surface area contributed by atoms with Crippen LogP contribution >= 0.6 is 0 Å². The van der Waals surface area contributed by atoms with E-state index in [4.69, 9.17) is 4.74 Å². The Hall–Kier alpha value is -2.44. The van der Waals surface area contributed by atoms with Crippen LogP contribution in [-0.2, 0) is 4.74 Å². The number of fused-ring (bicyclic) bond motifs is 1. The lowest BCUT2D eigenvalue weighted by Crippen LogP contribution is -2.33. The minimum atomic E-state index is 0.235. The number of hydrogen-bond donors (Lipinski definition) is 2. The zero-order chi connectivity index (χ0) is 21.2. The third-order valence-electron chi connectivity index (χ3n) is 6.91. The molecule has 0 bridgehead atoms. The highest BCUT2D eigenvalue weighted by molar-refractivity contribution is 5.86. The van der Waals surface area contributed by atoms with Gasteiger partial charge in [-0.25, -0.2) is 0 Å². The van der Waals surface area contributed by atoms with E-state index in [1.54, 1.807) is 6.07 Å². The van der Waals surface area contributed by atoms with Crippen molar-refractivity contribution in [1.29, 1.82) is 0 Å². The molecule has 2 N–H and O–H groups in total. The van der Waals surface area contributed by atoms with E-state index >= 15 is 0 Å². The summed E-state index contributed by atoms with van der Waals surface area (Å²) in [6, 6.07) is 9.46. The fourth-order valence-corrected chi connectivity index (χ4v) is 5.31. The Morgan fingerprint density at radius 2 is 1.90 bits per heavy atom. The first-order valence-electron chi connectivity index (χ1n) is 11.7. The van der Waals surface area contributed by atoms with Gasteiger partial charge in [-0.3, -0.25) is 0 Å². The molecule has 1 aromatic carbocycles. The molecule has 1 atom stereocenters. The molecular formula is C25H32N4O2. The van der Waals surface area contributed by atoms with Crippen LogP contribution in [0.3, 0.4) is 0 Å². The lowest BCUT2D eigenvalue weighted by molar-refractivity contribution is 0.0843. The van der Waals surface area contributed by atoms with E-state index in [2.05, 4.69) is 33.1 Å². The number of aromatic hydroxyl groups is 1. The summed E-state index contributed by atoms with van der Waals surface area (Å²) in [6.07, 6.45) is 6.03. The Balaban J connectivity index is 1.57. The number of para-hydroxylation sites is 1. The molecule has 6 heteroatoms. The number of H-pyrrole nitrogens is 1. The number of aromatic amines is 1. The summed E-state index contributed by atoms with van der Waals surface area (Å²) in [5.74, 6) is 1.10. The molecule has 0 radical (unpaired) electrons. The quantitative estimate of drug-likeness (QED) is 0.619. The molecular weight excluding hydrogens is 388 g/mol. The van der Waals surface area contributed by atoms with Gasteiger partial charge in [-0.05, 0) is 68.5 Å². The number of likely N-dealkylation sites (tertiary alicyclic amines) is 1. The van der Waals surface area contributed by atoms with Gasteiger partial charge in [0.15, 0.2) is 5.65 Å². The average molecular weight is 421 g/mol. The predicted molar refractivity (Wildman–Crippen MR) is 122 cm³/mol. The third kappa shape index (κ3) is 4.19. The summed E-state index contributed by atoms with van der Waals surface area (Å²) >= 11 is 0. The van der Waals surface area contributed by atoms with Crippen molar-refractivity contribution in [2.75, 3.05) is 32.8 Å². The monoisotopic (exact) mass is 420 g/mol. The maximum Gasteiger partial charge on any atom is 0.160 e. The third-order valence-corrected chi connectivity index (χ3v) is 6.91. The van der Waals surface area contributed by atoms with Gasteiger partial charge >= 0.3 is 0 Å². The van der Waals surface area contributed by atoms with Crippen molar-refractivity contribution in [2.24, 2.45) is 0 Å². The van der Waals surface area contributed by atoms with Crippen molar-refractivity contribution in [3.05, 3.63) is 41.6 Å². The Labute approximate surface area is 183 Å². The molecule has 2 aromatic heterocycles.